The molecule has 1 heterocycles. The molecule has 0 radical (unpaired) electrons. The minimum Gasteiger partial charge on any atom is -0.465 e. The van der Waals surface area contributed by atoms with Gasteiger partial charge in [-0.2, -0.15) is 5.10 Å². The maximum atomic E-state index is 11.0. The van der Waals surface area contributed by atoms with Crippen LogP contribution >= 0.6 is 0 Å². The smallest absolute Gasteiger partial charge is 0.337 e. The third kappa shape index (κ3) is 1.53. The average molecular weight is 166 g/mol. The summed E-state index contributed by atoms with van der Waals surface area (Å²) in [5, 5.41) is 3.90. The lowest BCUT2D eigenvalue weighted by atomic mass is 10.2. The lowest BCUT2D eigenvalue weighted by molar-refractivity contribution is -0.133. The fourth-order valence-electron chi connectivity index (χ4n) is 0.818. The molecule has 12 heavy (non-hydrogen) atoms. The van der Waals surface area contributed by atoms with Crippen molar-refractivity contribution in [1.29, 1.82) is 0 Å². The zero-order valence-electron chi connectivity index (χ0n) is 7.07. The van der Waals surface area contributed by atoms with Gasteiger partial charge in [0.25, 0.3) is 0 Å². The molecule has 0 unspecified atom stereocenters. The van der Waals surface area contributed by atoms with Crippen LogP contribution in [0.25, 0.3) is 5.57 Å². The van der Waals surface area contributed by atoms with E-state index in [2.05, 4.69) is 16.4 Å². The van der Waals surface area contributed by atoms with Crippen molar-refractivity contribution < 1.29 is 9.53 Å². The molecule has 0 aliphatic heterocycles. The Morgan fingerprint density at radius 3 is 2.83 bits per heavy atom. The van der Waals surface area contributed by atoms with Gasteiger partial charge >= 0.3 is 5.97 Å². The summed E-state index contributed by atoms with van der Waals surface area (Å²) in [5.74, 6) is -0.428. The number of hydrogen-bond donors (Lipinski definition) is 0. The summed E-state index contributed by atoms with van der Waals surface area (Å²) in [4.78, 5) is 11.0. The lowest BCUT2D eigenvalue weighted by Gasteiger charge is -1.98. The molecule has 1 rings (SSSR count). The predicted molar refractivity (Wildman–Crippen MR) is 44.3 cm³/mol. The molecular formula is C8H10N2O2. The van der Waals surface area contributed by atoms with Crippen LogP contribution < -0.4 is 0 Å². The minimum absolute atomic E-state index is 0.325. The zero-order chi connectivity index (χ0) is 9.14. The Bertz CT molecular complexity index is 315. The molecule has 4 nitrogen and oxygen atoms in total. The fourth-order valence-corrected chi connectivity index (χ4v) is 0.818. The van der Waals surface area contributed by atoms with Gasteiger partial charge in [0.1, 0.15) is 0 Å². The summed E-state index contributed by atoms with van der Waals surface area (Å²) in [6.07, 6.45) is 3.28. The normalized spacial score (nSPS) is 9.50. The summed E-state index contributed by atoms with van der Waals surface area (Å²) >= 11 is 0. The Hall–Kier alpha value is -1.58. The maximum Gasteiger partial charge on any atom is 0.337 e. The second-order valence-corrected chi connectivity index (χ2v) is 2.37. The molecule has 0 fully saturated rings. The van der Waals surface area contributed by atoms with Crippen LogP contribution in [0.15, 0.2) is 19.0 Å². The van der Waals surface area contributed by atoms with Gasteiger partial charge in [0.05, 0.1) is 18.9 Å². The van der Waals surface area contributed by atoms with E-state index in [1.54, 1.807) is 24.1 Å². The van der Waals surface area contributed by atoms with Crippen LogP contribution in [-0.2, 0) is 16.6 Å². The second kappa shape index (κ2) is 3.21. The summed E-state index contributed by atoms with van der Waals surface area (Å²) in [5.41, 5.74) is 1.01. The molecule has 0 amide bonds. The van der Waals surface area contributed by atoms with Crippen LogP contribution in [0.2, 0.25) is 0 Å². The Morgan fingerprint density at radius 1 is 1.75 bits per heavy atom. The number of rotatable bonds is 2. The van der Waals surface area contributed by atoms with E-state index in [0.717, 1.165) is 0 Å². The van der Waals surface area contributed by atoms with Gasteiger partial charge in [0, 0.05) is 18.8 Å². The van der Waals surface area contributed by atoms with Crippen molar-refractivity contribution in [3.63, 3.8) is 0 Å². The molecule has 64 valence electrons. The van der Waals surface area contributed by atoms with E-state index in [1.807, 2.05) is 0 Å². The second-order valence-electron chi connectivity index (χ2n) is 2.37. The van der Waals surface area contributed by atoms with Crippen molar-refractivity contribution in [2.75, 3.05) is 7.11 Å². The number of carbonyl (C=O) groups is 1. The number of aryl methyl sites for hydroxylation is 1. The first-order valence-corrected chi connectivity index (χ1v) is 3.41. The van der Waals surface area contributed by atoms with Crippen LogP contribution in [0.4, 0.5) is 0 Å². The first-order valence-electron chi connectivity index (χ1n) is 3.41. The Labute approximate surface area is 70.4 Å². The van der Waals surface area contributed by atoms with Crippen LogP contribution in [0.5, 0.6) is 0 Å². The van der Waals surface area contributed by atoms with E-state index >= 15 is 0 Å². The first kappa shape index (κ1) is 8.52. The minimum atomic E-state index is -0.428. The Morgan fingerprint density at radius 2 is 2.42 bits per heavy atom. The number of methoxy groups -OCH3 is 1. The number of hydrogen-bond acceptors (Lipinski definition) is 3. The number of ether oxygens (including phenoxy) is 1. The van der Waals surface area contributed by atoms with Gasteiger partial charge in [0.15, 0.2) is 0 Å². The van der Waals surface area contributed by atoms with Crippen molar-refractivity contribution in [3.8, 4) is 0 Å². The maximum absolute atomic E-state index is 11.0. The molecule has 4 heteroatoms. The van der Waals surface area contributed by atoms with Crippen molar-refractivity contribution >= 4 is 11.5 Å². The molecule has 1 aromatic heterocycles. The third-order valence-corrected chi connectivity index (χ3v) is 1.49. The molecule has 0 saturated heterocycles. The molecule has 0 bridgehead atoms. The average Bonchev–Trinajstić information content (AvgIpc) is 2.49. The van der Waals surface area contributed by atoms with E-state index in [-0.39, 0.29) is 0 Å². The van der Waals surface area contributed by atoms with Gasteiger partial charge in [0.2, 0.25) is 0 Å². The molecular weight excluding hydrogens is 156 g/mol. The van der Waals surface area contributed by atoms with Gasteiger partial charge in [-0.1, -0.05) is 6.58 Å². The SMILES string of the molecule is C=C(C(=O)OC)c1cnn(C)c1. The van der Waals surface area contributed by atoms with Gasteiger partial charge in [-0.05, 0) is 0 Å². The number of carbonyl (C=O) groups excluding carboxylic acids is 1. The highest BCUT2D eigenvalue weighted by atomic mass is 16.5. The van der Waals surface area contributed by atoms with E-state index in [4.69, 9.17) is 0 Å². The summed E-state index contributed by atoms with van der Waals surface area (Å²) in [6, 6.07) is 0. The van der Waals surface area contributed by atoms with Crippen LogP contribution in [0.3, 0.4) is 0 Å². The molecule has 0 aliphatic rings. The topological polar surface area (TPSA) is 44.1 Å². The first-order chi connectivity index (χ1) is 5.65. The molecule has 0 spiro atoms. The lowest BCUT2D eigenvalue weighted by Crippen LogP contribution is -2.01. The van der Waals surface area contributed by atoms with E-state index in [0.29, 0.717) is 11.1 Å². The predicted octanol–water partition coefficient (Wildman–Crippen LogP) is 0.606. The molecule has 0 aliphatic carbocycles. The van der Waals surface area contributed by atoms with Gasteiger partial charge < -0.3 is 4.74 Å². The largest absolute Gasteiger partial charge is 0.465 e. The summed E-state index contributed by atoms with van der Waals surface area (Å²) < 4.78 is 6.10. The standard InChI is InChI=1S/C8H10N2O2/c1-6(8(11)12-3)7-4-9-10(2)5-7/h4-5H,1H2,2-3H3. The van der Waals surface area contributed by atoms with Crippen molar-refractivity contribution in [3.05, 3.63) is 24.5 Å². The number of aromatic nitrogens is 2. The van der Waals surface area contributed by atoms with E-state index in [9.17, 15) is 4.79 Å². The van der Waals surface area contributed by atoms with E-state index < -0.39 is 5.97 Å². The summed E-state index contributed by atoms with van der Waals surface area (Å²) in [7, 11) is 3.10. The monoisotopic (exact) mass is 166 g/mol. The highest BCUT2D eigenvalue weighted by Gasteiger charge is 2.10. The molecule has 0 atom stereocenters. The van der Waals surface area contributed by atoms with Crippen LogP contribution in [-0.4, -0.2) is 22.9 Å². The van der Waals surface area contributed by atoms with Gasteiger partial charge in [-0.25, -0.2) is 4.79 Å². The van der Waals surface area contributed by atoms with E-state index in [1.165, 1.54) is 7.11 Å². The Kier molecular flexibility index (Phi) is 2.28. The quantitative estimate of drug-likeness (QED) is 0.477. The molecule has 0 saturated carbocycles. The fraction of sp³-hybridized carbons (Fsp3) is 0.250. The molecule has 0 N–H and O–H groups in total. The van der Waals surface area contributed by atoms with Crippen LogP contribution in [0.1, 0.15) is 5.56 Å². The molecule has 1 aromatic rings. The van der Waals surface area contributed by atoms with Crippen molar-refractivity contribution in [2.45, 2.75) is 0 Å². The third-order valence-electron chi connectivity index (χ3n) is 1.49. The van der Waals surface area contributed by atoms with Gasteiger partial charge in [-0.3, -0.25) is 4.68 Å². The zero-order valence-corrected chi connectivity index (χ0v) is 7.07. The molecule has 0 aromatic carbocycles. The number of nitrogens with zero attached hydrogens (tertiary/aromatic N) is 2. The highest BCUT2D eigenvalue weighted by molar-refractivity contribution is 6.15. The number of esters is 1. The Balaban J connectivity index is 2.85. The highest BCUT2D eigenvalue weighted by Crippen LogP contribution is 2.11. The van der Waals surface area contributed by atoms with Crippen molar-refractivity contribution in [2.24, 2.45) is 7.05 Å². The van der Waals surface area contributed by atoms with Crippen LogP contribution in [0, 0.1) is 0 Å². The summed E-state index contributed by atoms with van der Waals surface area (Å²) in [6.45, 7) is 3.58. The van der Waals surface area contributed by atoms with Crippen molar-refractivity contribution in [1.82, 2.24) is 9.78 Å². The van der Waals surface area contributed by atoms with Gasteiger partial charge in [-0.15, -0.1) is 0 Å².